The second-order valence-corrected chi connectivity index (χ2v) is 7.75. The Morgan fingerprint density at radius 3 is 2.81 bits per heavy atom. The third-order valence-electron chi connectivity index (χ3n) is 4.32. The molecule has 138 valence electrons. The van der Waals surface area contributed by atoms with Gasteiger partial charge in [0.15, 0.2) is 0 Å². The minimum Gasteiger partial charge on any atom is -0.324 e. The molecule has 7 heteroatoms. The first-order valence-corrected chi connectivity index (χ1v) is 9.67. The van der Waals surface area contributed by atoms with Crippen LogP contribution >= 0.6 is 11.3 Å². The van der Waals surface area contributed by atoms with E-state index in [9.17, 15) is 9.59 Å². The lowest BCUT2D eigenvalue weighted by Crippen LogP contribution is -2.40. The van der Waals surface area contributed by atoms with Gasteiger partial charge >= 0.3 is 6.03 Å². The van der Waals surface area contributed by atoms with Crippen LogP contribution in [0.1, 0.15) is 32.0 Å². The molecule has 1 fully saturated rings. The van der Waals surface area contributed by atoms with Crippen molar-refractivity contribution < 1.29 is 9.59 Å². The minimum atomic E-state index is -0.842. The number of nitrogens with zero attached hydrogens (tertiary/aromatic N) is 2. The smallest absolute Gasteiger partial charge is 0.324 e. The second kappa shape index (κ2) is 7.55. The molecular formula is C19H24N4O2S. The van der Waals surface area contributed by atoms with Crippen molar-refractivity contribution in [1.29, 1.82) is 0 Å². The molecule has 2 heterocycles. The van der Waals surface area contributed by atoms with Crippen LogP contribution in [0.5, 0.6) is 0 Å². The van der Waals surface area contributed by atoms with Crippen molar-refractivity contribution in [3.05, 3.63) is 40.9 Å². The Labute approximate surface area is 157 Å². The van der Waals surface area contributed by atoms with Crippen molar-refractivity contribution in [2.24, 2.45) is 0 Å². The maximum atomic E-state index is 12.4. The van der Waals surface area contributed by atoms with E-state index in [0.717, 1.165) is 41.3 Å². The third kappa shape index (κ3) is 3.94. The summed E-state index contributed by atoms with van der Waals surface area (Å²) in [6.07, 6.45) is 0.904. The Kier molecular flexibility index (Phi) is 5.38. The van der Waals surface area contributed by atoms with E-state index in [2.05, 4.69) is 22.9 Å². The van der Waals surface area contributed by atoms with Crippen molar-refractivity contribution in [2.75, 3.05) is 13.1 Å². The van der Waals surface area contributed by atoms with Crippen LogP contribution in [0, 0.1) is 0 Å². The molecule has 6 nitrogen and oxygen atoms in total. The zero-order valence-electron chi connectivity index (χ0n) is 15.3. The number of carbonyl (C=O) groups is 2. The summed E-state index contributed by atoms with van der Waals surface area (Å²) in [5.41, 5.74) is 2.15. The van der Waals surface area contributed by atoms with Gasteiger partial charge in [0.2, 0.25) is 0 Å². The van der Waals surface area contributed by atoms with Crippen molar-refractivity contribution in [3.63, 3.8) is 0 Å². The van der Waals surface area contributed by atoms with E-state index in [0.29, 0.717) is 0 Å². The summed E-state index contributed by atoms with van der Waals surface area (Å²) in [7, 11) is 0. The fourth-order valence-electron chi connectivity index (χ4n) is 2.89. The molecule has 0 radical (unpaired) electrons. The largest absolute Gasteiger partial charge is 0.325 e. The predicted octanol–water partition coefficient (Wildman–Crippen LogP) is 2.79. The van der Waals surface area contributed by atoms with Crippen molar-refractivity contribution in [3.8, 4) is 10.6 Å². The number of urea groups is 1. The van der Waals surface area contributed by atoms with E-state index in [1.165, 1.54) is 4.90 Å². The van der Waals surface area contributed by atoms with Gasteiger partial charge < -0.3 is 10.6 Å². The Hall–Kier alpha value is -2.25. The number of rotatable bonds is 7. The number of hydrogen-bond acceptors (Lipinski definition) is 5. The molecule has 0 unspecified atom stereocenters. The van der Waals surface area contributed by atoms with Crippen molar-refractivity contribution in [2.45, 2.75) is 39.3 Å². The first-order valence-electron chi connectivity index (χ1n) is 8.79. The molecule has 1 aliphatic heterocycles. The van der Waals surface area contributed by atoms with Gasteiger partial charge in [-0.3, -0.25) is 9.69 Å². The maximum Gasteiger partial charge on any atom is 0.325 e. The highest BCUT2D eigenvalue weighted by Crippen LogP contribution is 2.26. The number of amides is 3. The number of benzene rings is 1. The van der Waals surface area contributed by atoms with E-state index in [-0.39, 0.29) is 18.5 Å². The van der Waals surface area contributed by atoms with E-state index in [1.807, 2.05) is 24.3 Å². The molecule has 0 spiro atoms. The Morgan fingerprint density at radius 2 is 2.12 bits per heavy atom. The molecule has 2 N–H and O–H groups in total. The molecule has 0 atom stereocenters. The Morgan fingerprint density at radius 1 is 1.31 bits per heavy atom. The minimum absolute atomic E-state index is 0.201. The number of nitrogens with one attached hydrogen (secondary N) is 2. The molecule has 3 amide bonds. The van der Waals surface area contributed by atoms with Crippen LogP contribution in [-0.2, 0) is 17.8 Å². The molecule has 0 aliphatic carbocycles. The third-order valence-corrected chi connectivity index (χ3v) is 5.26. The average molecular weight is 372 g/mol. The van der Waals surface area contributed by atoms with Crippen LogP contribution in [-0.4, -0.2) is 40.5 Å². The van der Waals surface area contributed by atoms with Gasteiger partial charge in [0.25, 0.3) is 5.91 Å². The molecule has 0 saturated carbocycles. The first-order chi connectivity index (χ1) is 12.4. The van der Waals surface area contributed by atoms with Gasteiger partial charge in [0, 0.05) is 23.9 Å². The van der Waals surface area contributed by atoms with Gasteiger partial charge in [-0.2, -0.15) is 0 Å². The van der Waals surface area contributed by atoms with Gasteiger partial charge in [-0.15, -0.1) is 11.3 Å². The van der Waals surface area contributed by atoms with Crippen molar-refractivity contribution >= 4 is 23.3 Å². The van der Waals surface area contributed by atoms with E-state index in [1.54, 1.807) is 25.2 Å². The molecule has 1 saturated heterocycles. The quantitative estimate of drug-likeness (QED) is 0.579. The predicted molar refractivity (Wildman–Crippen MR) is 103 cm³/mol. The molecule has 3 rings (SSSR count). The van der Waals surface area contributed by atoms with E-state index >= 15 is 0 Å². The van der Waals surface area contributed by atoms with Crippen LogP contribution in [0.4, 0.5) is 4.79 Å². The number of thiazole rings is 1. The summed E-state index contributed by atoms with van der Waals surface area (Å²) in [5.74, 6) is -0.201. The van der Waals surface area contributed by atoms with Crippen molar-refractivity contribution in [1.82, 2.24) is 20.5 Å². The highest BCUT2D eigenvalue weighted by Gasteiger charge is 2.44. The number of carbonyl (C=O) groups excluding carboxylic acids is 2. The lowest BCUT2D eigenvalue weighted by molar-refractivity contribution is -0.130. The fraction of sp³-hybridized carbons (Fsp3) is 0.421. The first kappa shape index (κ1) is 18.5. The fourth-order valence-corrected chi connectivity index (χ4v) is 3.75. The topological polar surface area (TPSA) is 74.3 Å². The van der Waals surface area contributed by atoms with Gasteiger partial charge in [-0.05, 0) is 32.0 Å². The SMILES string of the molecule is CCNCCc1csc(-c2cccc(CN3C(=O)NC(C)(C)C3=O)c2)n1. The monoisotopic (exact) mass is 372 g/mol. The van der Waals surface area contributed by atoms with E-state index in [4.69, 9.17) is 4.98 Å². The molecule has 0 bridgehead atoms. The van der Waals surface area contributed by atoms with E-state index < -0.39 is 5.54 Å². The zero-order chi connectivity index (χ0) is 18.7. The van der Waals surface area contributed by atoms with Crippen LogP contribution in [0.2, 0.25) is 0 Å². The second-order valence-electron chi connectivity index (χ2n) is 6.89. The Balaban J connectivity index is 1.73. The summed E-state index contributed by atoms with van der Waals surface area (Å²) in [5, 5.41) is 9.05. The lowest BCUT2D eigenvalue weighted by atomic mass is 10.1. The number of hydrogen-bond donors (Lipinski definition) is 2. The van der Waals surface area contributed by atoms with Gasteiger partial charge in [0.05, 0.1) is 12.2 Å². The Bertz CT molecular complexity index is 815. The molecule has 1 aliphatic rings. The summed E-state index contributed by atoms with van der Waals surface area (Å²) in [6.45, 7) is 7.66. The number of imide groups is 1. The normalized spacial score (nSPS) is 16.2. The number of likely N-dealkylation sites (N-methyl/N-ethyl adjacent to an activating group) is 1. The average Bonchev–Trinajstić information content (AvgIpc) is 3.14. The molecule has 2 aromatic rings. The van der Waals surface area contributed by atoms with Gasteiger partial charge in [0.1, 0.15) is 10.5 Å². The summed E-state index contributed by atoms with van der Waals surface area (Å²) in [4.78, 5) is 30.4. The highest BCUT2D eigenvalue weighted by molar-refractivity contribution is 7.13. The standard InChI is InChI=1S/C19H24N4O2S/c1-4-20-9-8-15-12-26-16(21-15)14-7-5-6-13(10-14)11-23-17(24)19(2,3)22-18(23)25/h5-7,10,12,20H,4,8-9,11H2,1-3H3,(H,22,25). The molecule has 1 aromatic carbocycles. The van der Waals surface area contributed by atoms with Crippen LogP contribution in [0.15, 0.2) is 29.6 Å². The highest BCUT2D eigenvalue weighted by atomic mass is 32.1. The van der Waals surface area contributed by atoms with Gasteiger partial charge in [-0.25, -0.2) is 9.78 Å². The zero-order valence-corrected chi connectivity index (χ0v) is 16.2. The maximum absolute atomic E-state index is 12.4. The van der Waals surface area contributed by atoms with Crippen LogP contribution in [0.3, 0.4) is 0 Å². The molecule has 1 aromatic heterocycles. The molecule has 26 heavy (non-hydrogen) atoms. The molecular weight excluding hydrogens is 348 g/mol. The summed E-state index contributed by atoms with van der Waals surface area (Å²) in [6, 6.07) is 7.53. The van der Waals surface area contributed by atoms with Crippen LogP contribution in [0.25, 0.3) is 10.6 Å². The summed E-state index contributed by atoms with van der Waals surface area (Å²) < 4.78 is 0. The number of aromatic nitrogens is 1. The lowest BCUT2D eigenvalue weighted by Gasteiger charge is -2.16. The van der Waals surface area contributed by atoms with Gasteiger partial charge in [-0.1, -0.05) is 25.1 Å². The van der Waals surface area contributed by atoms with Crippen LogP contribution < -0.4 is 10.6 Å². The summed E-state index contributed by atoms with van der Waals surface area (Å²) >= 11 is 1.61.